The highest BCUT2D eigenvalue weighted by Crippen LogP contribution is 2.45. The summed E-state index contributed by atoms with van der Waals surface area (Å²) in [5.41, 5.74) is 7.00. The zero-order valence-corrected chi connectivity index (χ0v) is 28.5. The van der Waals surface area contributed by atoms with Crippen LogP contribution in [0.5, 0.6) is 0 Å². The van der Waals surface area contributed by atoms with Gasteiger partial charge in [0.05, 0.1) is 11.0 Å². The summed E-state index contributed by atoms with van der Waals surface area (Å²) in [6.45, 7) is 0. The molecule has 0 aliphatic rings. The van der Waals surface area contributed by atoms with E-state index >= 15 is 0 Å². The zero-order valence-electron chi connectivity index (χ0n) is 26.9. The zero-order chi connectivity index (χ0) is 32.8. The summed E-state index contributed by atoms with van der Waals surface area (Å²) in [7, 11) is 0. The Kier molecular flexibility index (Phi) is 6.03. The molecule has 0 aliphatic heterocycles. The Bertz CT molecular complexity index is 3100. The molecule has 0 amide bonds. The van der Waals surface area contributed by atoms with E-state index in [4.69, 9.17) is 0 Å². The number of anilines is 3. The van der Waals surface area contributed by atoms with Gasteiger partial charge in [0, 0.05) is 73.9 Å². The summed E-state index contributed by atoms with van der Waals surface area (Å²) in [5.74, 6) is 0. The van der Waals surface area contributed by atoms with Gasteiger partial charge < -0.3 is 9.47 Å². The fraction of sp³-hybridized carbons (Fsp3) is 0. The van der Waals surface area contributed by atoms with Crippen molar-refractivity contribution >= 4 is 113 Å². The lowest BCUT2D eigenvalue weighted by atomic mass is 10.0. The number of hydrogen-bond acceptors (Lipinski definition) is 3. The predicted molar refractivity (Wildman–Crippen MR) is 219 cm³/mol. The molecule has 4 heteroatoms. The minimum Gasteiger partial charge on any atom is -0.310 e. The first-order chi connectivity index (χ1) is 24.8. The van der Waals surface area contributed by atoms with E-state index in [2.05, 4.69) is 179 Å². The molecule has 0 spiro atoms. The Morgan fingerprint density at radius 2 is 1.00 bits per heavy atom. The first-order valence-corrected chi connectivity index (χ1v) is 18.6. The summed E-state index contributed by atoms with van der Waals surface area (Å²) in [6.07, 6.45) is 0. The normalized spacial score (nSPS) is 12.0. The lowest BCUT2D eigenvalue weighted by Gasteiger charge is -2.25. The molecule has 11 aromatic rings. The van der Waals surface area contributed by atoms with Crippen molar-refractivity contribution in [3.63, 3.8) is 0 Å². The average molecular weight is 673 g/mol. The van der Waals surface area contributed by atoms with E-state index in [1.54, 1.807) is 0 Å². The maximum Gasteiger partial charge on any atom is 0.0547 e. The molecule has 0 radical (unpaired) electrons. The molecule has 0 unspecified atom stereocenters. The van der Waals surface area contributed by atoms with E-state index in [0.29, 0.717) is 0 Å². The summed E-state index contributed by atoms with van der Waals surface area (Å²) < 4.78 is 7.72. The minimum atomic E-state index is 1.13. The summed E-state index contributed by atoms with van der Waals surface area (Å²) >= 11 is 3.74. The molecule has 3 aromatic heterocycles. The lowest BCUT2D eigenvalue weighted by Crippen LogP contribution is -2.09. The molecule has 8 aromatic carbocycles. The topological polar surface area (TPSA) is 8.17 Å². The van der Waals surface area contributed by atoms with Crippen LogP contribution in [0.15, 0.2) is 170 Å². The second-order valence-corrected chi connectivity index (χ2v) is 15.1. The summed E-state index contributed by atoms with van der Waals surface area (Å²) in [6, 6.07) is 62.4. The standard InChI is InChI=1S/C46H28N2S2/c1-3-11-30(12-4-1)47(33-20-22-35-34-15-7-9-17-42(34)50-45(35)27-33)32-21-23-40-39(26-32)38-25-29-19-24-44-46(36-16-8-10-18-43(36)49-44)37(29)28-41(38)48(40)31-13-5-2-6-14-31/h1-28H. The number of nitrogens with zero attached hydrogens (tertiary/aromatic N) is 2. The molecule has 0 saturated carbocycles. The van der Waals surface area contributed by atoms with Gasteiger partial charge in [0.15, 0.2) is 0 Å². The van der Waals surface area contributed by atoms with Crippen molar-refractivity contribution < 1.29 is 0 Å². The van der Waals surface area contributed by atoms with Gasteiger partial charge in [-0.2, -0.15) is 0 Å². The third-order valence-corrected chi connectivity index (χ3v) is 12.4. The Hall–Kier alpha value is -5.94. The second kappa shape index (κ2) is 10.8. The number of benzene rings is 8. The van der Waals surface area contributed by atoms with E-state index in [1.807, 2.05) is 22.7 Å². The average Bonchev–Trinajstić information content (AvgIpc) is 3.84. The van der Waals surface area contributed by atoms with Crippen molar-refractivity contribution in [2.24, 2.45) is 0 Å². The van der Waals surface area contributed by atoms with Crippen molar-refractivity contribution in [2.75, 3.05) is 4.90 Å². The maximum absolute atomic E-state index is 2.44. The van der Waals surface area contributed by atoms with E-state index in [9.17, 15) is 0 Å². The quantitative estimate of drug-likeness (QED) is 0.181. The SMILES string of the molecule is c1ccc(N(c2ccc3c(c2)sc2ccccc23)c2ccc3c(c2)c2cc4ccc5sc6ccccc6c5c4cc2n3-c2ccccc2)cc1. The number of thiophene rings is 2. The number of aromatic nitrogens is 1. The molecule has 234 valence electrons. The molecule has 0 N–H and O–H groups in total. The Labute approximate surface area is 296 Å². The molecule has 2 nitrogen and oxygen atoms in total. The van der Waals surface area contributed by atoms with Gasteiger partial charge in [0.1, 0.15) is 0 Å². The third kappa shape index (κ3) is 4.13. The highest BCUT2D eigenvalue weighted by Gasteiger charge is 2.20. The van der Waals surface area contributed by atoms with E-state index < -0.39 is 0 Å². The van der Waals surface area contributed by atoms with Crippen molar-refractivity contribution in [3.8, 4) is 5.69 Å². The van der Waals surface area contributed by atoms with Crippen LogP contribution in [-0.2, 0) is 0 Å². The number of fused-ring (bicyclic) bond motifs is 11. The third-order valence-electron chi connectivity index (χ3n) is 10.1. The monoisotopic (exact) mass is 672 g/mol. The van der Waals surface area contributed by atoms with Gasteiger partial charge in [-0.25, -0.2) is 0 Å². The van der Waals surface area contributed by atoms with Crippen LogP contribution in [0.2, 0.25) is 0 Å². The highest BCUT2D eigenvalue weighted by molar-refractivity contribution is 7.26. The number of hydrogen-bond donors (Lipinski definition) is 0. The smallest absolute Gasteiger partial charge is 0.0547 e. The van der Waals surface area contributed by atoms with Gasteiger partial charge in [-0.15, -0.1) is 22.7 Å². The summed E-state index contributed by atoms with van der Waals surface area (Å²) in [5, 5.41) is 10.4. The fourth-order valence-electron chi connectivity index (χ4n) is 7.92. The first-order valence-electron chi connectivity index (χ1n) is 16.9. The Balaban J connectivity index is 1.19. The molecular formula is C46H28N2S2. The van der Waals surface area contributed by atoms with Gasteiger partial charge in [0.2, 0.25) is 0 Å². The largest absolute Gasteiger partial charge is 0.310 e. The van der Waals surface area contributed by atoms with Crippen LogP contribution in [0.4, 0.5) is 17.1 Å². The predicted octanol–water partition coefficient (Wildman–Crippen LogP) is 14.1. The molecule has 0 fully saturated rings. The van der Waals surface area contributed by atoms with Crippen molar-refractivity contribution in [3.05, 3.63) is 170 Å². The molecule has 11 rings (SSSR count). The van der Waals surface area contributed by atoms with Crippen LogP contribution in [-0.4, -0.2) is 4.57 Å². The first kappa shape index (κ1) is 28.0. The van der Waals surface area contributed by atoms with Crippen LogP contribution in [0, 0.1) is 0 Å². The molecule has 0 saturated heterocycles. The van der Waals surface area contributed by atoms with Gasteiger partial charge in [-0.3, -0.25) is 0 Å². The van der Waals surface area contributed by atoms with Gasteiger partial charge in [-0.1, -0.05) is 84.9 Å². The Morgan fingerprint density at radius 1 is 0.360 bits per heavy atom. The molecule has 50 heavy (non-hydrogen) atoms. The molecule has 0 atom stereocenters. The van der Waals surface area contributed by atoms with Gasteiger partial charge >= 0.3 is 0 Å². The van der Waals surface area contributed by atoms with Crippen LogP contribution in [0.1, 0.15) is 0 Å². The van der Waals surface area contributed by atoms with E-state index in [0.717, 1.165) is 22.7 Å². The van der Waals surface area contributed by atoms with Crippen LogP contribution >= 0.6 is 22.7 Å². The summed E-state index contributed by atoms with van der Waals surface area (Å²) in [4.78, 5) is 2.40. The minimum absolute atomic E-state index is 1.13. The molecule has 0 aliphatic carbocycles. The van der Waals surface area contributed by atoms with Gasteiger partial charge in [0.25, 0.3) is 0 Å². The number of rotatable bonds is 4. The maximum atomic E-state index is 2.44. The highest BCUT2D eigenvalue weighted by atomic mass is 32.1. The fourth-order valence-corrected chi connectivity index (χ4v) is 10.2. The molecule has 3 heterocycles. The van der Waals surface area contributed by atoms with Crippen molar-refractivity contribution in [1.82, 2.24) is 4.57 Å². The van der Waals surface area contributed by atoms with Crippen molar-refractivity contribution in [1.29, 1.82) is 0 Å². The lowest BCUT2D eigenvalue weighted by molar-refractivity contribution is 1.18. The van der Waals surface area contributed by atoms with Crippen LogP contribution in [0.3, 0.4) is 0 Å². The Morgan fingerprint density at radius 3 is 1.84 bits per heavy atom. The number of para-hydroxylation sites is 2. The van der Waals surface area contributed by atoms with E-state index in [1.165, 1.54) is 72.9 Å². The second-order valence-electron chi connectivity index (χ2n) is 12.9. The van der Waals surface area contributed by atoms with Crippen LogP contribution in [0.25, 0.3) is 78.6 Å². The van der Waals surface area contributed by atoms with Gasteiger partial charge in [-0.05, 0) is 95.7 Å². The van der Waals surface area contributed by atoms with Crippen molar-refractivity contribution in [2.45, 2.75) is 0 Å². The van der Waals surface area contributed by atoms with Crippen LogP contribution < -0.4 is 4.90 Å². The molecule has 0 bridgehead atoms. The molecular weight excluding hydrogens is 645 g/mol. The van der Waals surface area contributed by atoms with E-state index in [-0.39, 0.29) is 0 Å².